The number of nitrogens with zero attached hydrogens (tertiary/aromatic N) is 5. The summed E-state index contributed by atoms with van der Waals surface area (Å²) >= 11 is 0. The molecule has 0 saturated heterocycles. The maximum atomic E-state index is 4.89. The van der Waals surface area contributed by atoms with E-state index >= 15 is 0 Å². The van der Waals surface area contributed by atoms with Gasteiger partial charge in [0.05, 0.1) is 28.9 Å². The van der Waals surface area contributed by atoms with E-state index in [-0.39, 0.29) is 6.17 Å². The number of aromatic amines is 2. The molecular weight excluding hydrogens is 460 g/mol. The molecule has 0 saturated carbocycles. The summed E-state index contributed by atoms with van der Waals surface area (Å²) in [5.74, 6) is 0.733. The molecule has 0 fully saturated rings. The predicted octanol–water partition coefficient (Wildman–Crippen LogP) is 5.44. The van der Waals surface area contributed by atoms with Crippen LogP contribution in [0.15, 0.2) is 67.3 Å². The molecule has 1 atom stereocenters. The van der Waals surface area contributed by atoms with Crippen LogP contribution in [0.2, 0.25) is 0 Å². The van der Waals surface area contributed by atoms with Gasteiger partial charge in [0.15, 0.2) is 5.82 Å². The molecule has 3 aromatic heterocycles. The van der Waals surface area contributed by atoms with Crippen LogP contribution in [0.4, 0.5) is 0 Å². The first-order chi connectivity index (χ1) is 18.0. The number of hydrogen-bond acceptors (Lipinski definition) is 5. The Morgan fingerprint density at radius 1 is 1.27 bits per heavy atom. The Morgan fingerprint density at radius 2 is 2.14 bits per heavy atom. The van der Waals surface area contributed by atoms with E-state index in [2.05, 4.69) is 88.3 Å². The third-order valence-electron chi connectivity index (χ3n) is 6.66. The van der Waals surface area contributed by atoms with E-state index in [9.17, 15) is 0 Å². The number of fused-ring (bicyclic) bond motifs is 2. The van der Waals surface area contributed by atoms with Crippen molar-refractivity contribution in [1.29, 1.82) is 0 Å². The molecule has 8 nitrogen and oxygen atoms in total. The smallest absolute Gasteiger partial charge is 0.159 e. The molecule has 1 aromatic carbocycles. The molecule has 0 spiro atoms. The zero-order valence-electron chi connectivity index (χ0n) is 21.9. The minimum atomic E-state index is -0.104. The summed E-state index contributed by atoms with van der Waals surface area (Å²) in [7, 11) is 4.21. The molecule has 0 amide bonds. The molecule has 0 bridgehead atoms. The lowest BCUT2D eigenvalue weighted by molar-refractivity contribution is 0.400. The average Bonchev–Trinajstić information content (AvgIpc) is 3.62. The van der Waals surface area contributed by atoms with Gasteiger partial charge in [-0.05, 0) is 82.2 Å². The summed E-state index contributed by atoms with van der Waals surface area (Å²) in [5.41, 5.74) is 8.14. The molecule has 4 aromatic rings. The highest BCUT2D eigenvalue weighted by molar-refractivity contribution is 5.94. The van der Waals surface area contributed by atoms with Gasteiger partial charge in [-0.3, -0.25) is 5.10 Å². The molecular formula is C29H34N8. The second-order valence-electron chi connectivity index (χ2n) is 9.66. The van der Waals surface area contributed by atoms with Crippen LogP contribution >= 0.6 is 0 Å². The monoisotopic (exact) mass is 494 g/mol. The highest BCUT2D eigenvalue weighted by Crippen LogP contribution is 2.32. The molecule has 0 radical (unpaired) electrons. The van der Waals surface area contributed by atoms with E-state index < -0.39 is 0 Å². The van der Waals surface area contributed by atoms with Crippen molar-refractivity contribution in [2.45, 2.75) is 32.9 Å². The van der Waals surface area contributed by atoms with E-state index in [1.165, 1.54) is 5.57 Å². The number of nitrogens with one attached hydrogen (secondary N) is 3. The zero-order valence-corrected chi connectivity index (χ0v) is 21.9. The van der Waals surface area contributed by atoms with Crippen LogP contribution < -0.4 is 5.32 Å². The summed E-state index contributed by atoms with van der Waals surface area (Å²) in [4.78, 5) is 15.0. The number of H-pyrrole nitrogens is 2. The lowest BCUT2D eigenvalue weighted by Crippen LogP contribution is -2.25. The number of imidazole rings is 2. The highest BCUT2D eigenvalue weighted by Gasteiger charge is 2.24. The van der Waals surface area contributed by atoms with Gasteiger partial charge in [0, 0.05) is 17.8 Å². The highest BCUT2D eigenvalue weighted by atomic mass is 15.2. The Kier molecular flexibility index (Phi) is 6.92. The third kappa shape index (κ3) is 5.06. The normalized spacial score (nSPS) is 15.9. The first-order valence-electron chi connectivity index (χ1n) is 12.6. The van der Waals surface area contributed by atoms with Crippen LogP contribution in [0.5, 0.6) is 0 Å². The topological polar surface area (TPSA) is 90.5 Å². The van der Waals surface area contributed by atoms with Gasteiger partial charge in [0.25, 0.3) is 0 Å². The number of aryl methyl sites for hydroxylation is 1. The Bertz CT molecular complexity index is 1510. The molecule has 190 valence electrons. The van der Waals surface area contributed by atoms with E-state index in [1.807, 2.05) is 42.4 Å². The lowest BCUT2D eigenvalue weighted by Gasteiger charge is -2.21. The lowest BCUT2D eigenvalue weighted by atomic mass is 9.99. The molecule has 1 unspecified atom stereocenters. The van der Waals surface area contributed by atoms with Crippen LogP contribution in [0.25, 0.3) is 34.1 Å². The summed E-state index contributed by atoms with van der Waals surface area (Å²) in [6, 6.07) is 6.40. The van der Waals surface area contributed by atoms with Crippen molar-refractivity contribution in [2.24, 2.45) is 0 Å². The van der Waals surface area contributed by atoms with Crippen LogP contribution in [0.3, 0.4) is 0 Å². The van der Waals surface area contributed by atoms with Gasteiger partial charge in [-0.2, -0.15) is 5.10 Å². The van der Waals surface area contributed by atoms with Crippen LogP contribution in [0, 0.1) is 6.92 Å². The SMILES string of the molecule is C=C/C(=C\C(=C/C)c1ccc2[nH]nc(-c3nc4c([nH]3)C(n3cnc(C)c3)NC=C4)c2c1)CCCN(C)C. The summed E-state index contributed by atoms with van der Waals surface area (Å²) < 4.78 is 2.04. The average molecular weight is 495 g/mol. The fourth-order valence-electron chi connectivity index (χ4n) is 4.71. The van der Waals surface area contributed by atoms with Gasteiger partial charge in [-0.1, -0.05) is 30.9 Å². The summed E-state index contributed by atoms with van der Waals surface area (Å²) in [5, 5.41) is 12.2. The molecule has 1 aliphatic heterocycles. The quantitative estimate of drug-likeness (QED) is 0.270. The van der Waals surface area contributed by atoms with E-state index in [0.29, 0.717) is 0 Å². The molecule has 0 aliphatic carbocycles. The van der Waals surface area contributed by atoms with Crippen molar-refractivity contribution in [2.75, 3.05) is 20.6 Å². The second-order valence-corrected chi connectivity index (χ2v) is 9.66. The van der Waals surface area contributed by atoms with Gasteiger partial charge in [-0.15, -0.1) is 0 Å². The molecule has 3 N–H and O–H groups in total. The largest absolute Gasteiger partial charge is 0.366 e. The minimum absolute atomic E-state index is 0.104. The van der Waals surface area contributed by atoms with Gasteiger partial charge in [0.1, 0.15) is 11.9 Å². The standard InChI is InChI=1S/C29H34N8/c1-6-20(9-8-14-36(4)5)15-21(7-2)22-10-11-24-23(16-22)26(35-34-24)28-32-25-12-13-30-29(27(25)33-28)37-17-19(3)31-18-37/h6-7,10-13,15-18,29-30H,1,8-9,14H2,2-5H3,(H,32,33)(H,34,35)/b20-15+,21-7+. The minimum Gasteiger partial charge on any atom is -0.366 e. The number of hydrogen-bond donors (Lipinski definition) is 3. The molecule has 37 heavy (non-hydrogen) atoms. The maximum absolute atomic E-state index is 4.89. The van der Waals surface area contributed by atoms with Crippen LogP contribution in [-0.4, -0.2) is 55.3 Å². The molecule has 5 rings (SSSR count). The van der Waals surface area contributed by atoms with E-state index in [4.69, 9.17) is 4.98 Å². The number of benzene rings is 1. The van der Waals surface area contributed by atoms with E-state index in [1.54, 1.807) is 0 Å². The van der Waals surface area contributed by atoms with Crippen LogP contribution in [0.1, 0.15) is 48.6 Å². The number of aromatic nitrogens is 6. The molecule has 8 heteroatoms. The van der Waals surface area contributed by atoms with Crippen molar-refractivity contribution < 1.29 is 0 Å². The van der Waals surface area contributed by atoms with Crippen molar-refractivity contribution in [3.05, 3.63) is 89.9 Å². The van der Waals surface area contributed by atoms with Crippen molar-refractivity contribution in [3.8, 4) is 11.5 Å². The Labute approximate surface area is 217 Å². The van der Waals surface area contributed by atoms with Crippen LogP contribution in [-0.2, 0) is 0 Å². The second kappa shape index (κ2) is 10.4. The predicted molar refractivity (Wildman–Crippen MR) is 151 cm³/mol. The first-order valence-corrected chi connectivity index (χ1v) is 12.6. The molecule has 1 aliphatic rings. The van der Waals surface area contributed by atoms with Gasteiger partial charge in [-0.25, -0.2) is 9.97 Å². The van der Waals surface area contributed by atoms with Crippen molar-refractivity contribution in [1.82, 2.24) is 39.9 Å². The summed E-state index contributed by atoms with van der Waals surface area (Å²) in [6.07, 6.45) is 16.1. The van der Waals surface area contributed by atoms with Gasteiger partial charge < -0.3 is 19.8 Å². The first kappa shape index (κ1) is 24.5. The maximum Gasteiger partial charge on any atom is 0.159 e. The van der Waals surface area contributed by atoms with Crippen molar-refractivity contribution >= 4 is 22.6 Å². The third-order valence-corrected chi connectivity index (χ3v) is 6.66. The summed E-state index contributed by atoms with van der Waals surface area (Å²) in [6.45, 7) is 9.16. The van der Waals surface area contributed by atoms with Crippen molar-refractivity contribution in [3.63, 3.8) is 0 Å². The van der Waals surface area contributed by atoms with E-state index in [0.717, 1.165) is 70.0 Å². The Morgan fingerprint density at radius 3 is 2.86 bits per heavy atom. The Hall–Kier alpha value is -4.17. The fourth-order valence-corrected chi connectivity index (χ4v) is 4.71. The number of rotatable bonds is 9. The number of allylic oxidation sites excluding steroid dienone is 5. The Balaban J connectivity index is 1.48. The van der Waals surface area contributed by atoms with Gasteiger partial charge >= 0.3 is 0 Å². The molecule has 4 heterocycles. The zero-order chi connectivity index (χ0) is 25.9. The fraction of sp³-hybridized carbons (Fsp3) is 0.276. The van der Waals surface area contributed by atoms with Gasteiger partial charge in [0.2, 0.25) is 0 Å².